The summed E-state index contributed by atoms with van der Waals surface area (Å²) in [5.41, 5.74) is 0. The van der Waals surface area contributed by atoms with Gasteiger partial charge in [0.1, 0.15) is 0 Å². The first-order valence-electron chi connectivity index (χ1n) is 5.26. The Balaban J connectivity index is 3.46. The third-order valence-electron chi connectivity index (χ3n) is 1.83. The van der Waals surface area contributed by atoms with Crippen molar-refractivity contribution >= 4 is 35.3 Å². The van der Waals surface area contributed by atoms with Crippen molar-refractivity contribution in [1.29, 1.82) is 0 Å². The predicted octanol–water partition coefficient (Wildman–Crippen LogP) is 0.725. The summed E-state index contributed by atoms with van der Waals surface area (Å²) in [6.45, 7) is 1.13. The fourth-order valence-corrected chi connectivity index (χ4v) is 1.86. The van der Waals surface area contributed by atoms with Crippen molar-refractivity contribution < 1.29 is 9.59 Å². The minimum Gasteiger partial charge on any atom is -0.348 e. The summed E-state index contributed by atoms with van der Waals surface area (Å²) in [6.07, 6.45) is 5.82. The van der Waals surface area contributed by atoms with Crippen LogP contribution in [0.1, 0.15) is 12.8 Å². The van der Waals surface area contributed by atoms with E-state index in [1.807, 2.05) is 12.5 Å². The van der Waals surface area contributed by atoms with E-state index in [4.69, 9.17) is 0 Å². The lowest BCUT2D eigenvalue weighted by Gasteiger charge is -2.05. The van der Waals surface area contributed by atoms with Gasteiger partial charge >= 0.3 is 11.8 Å². The first-order chi connectivity index (χ1) is 7.72. The van der Waals surface area contributed by atoms with Gasteiger partial charge in [-0.05, 0) is 36.9 Å². The van der Waals surface area contributed by atoms with Gasteiger partial charge in [0, 0.05) is 13.1 Å². The van der Waals surface area contributed by atoms with Crippen LogP contribution in [-0.4, -0.2) is 48.9 Å². The number of hydrogen-bond donors (Lipinski definition) is 2. The molecule has 0 saturated heterocycles. The van der Waals surface area contributed by atoms with Crippen molar-refractivity contribution in [2.45, 2.75) is 12.8 Å². The highest BCUT2D eigenvalue weighted by molar-refractivity contribution is 7.98. The van der Waals surface area contributed by atoms with E-state index in [-0.39, 0.29) is 0 Å². The number of thioether (sulfide) groups is 2. The summed E-state index contributed by atoms with van der Waals surface area (Å²) in [5.74, 6) is 0.945. The summed E-state index contributed by atoms with van der Waals surface area (Å²) in [5, 5.41) is 5.18. The molecular formula is C10H20N2O2S2. The van der Waals surface area contributed by atoms with Crippen molar-refractivity contribution in [3.05, 3.63) is 0 Å². The number of rotatable bonds is 8. The van der Waals surface area contributed by atoms with E-state index in [0.29, 0.717) is 13.1 Å². The molecule has 6 heteroatoms. The Morgan fingerprint density at radius 1 is 0.875 bits per heavy atom. The van der Waals surface area contributed by atoms with Gasteiger partial charge < -0.3 is 10.6 Å². The maximum atomic E-state index is 11.2. The van der Waals surface area contributed by atoms with Crippen LogP contribution < -0.4 is 10.6 Å². The largest absolute Gasteiger partial charge is 0.348 e. The number of carbonyl (C=O) groups excluding carboxylic acids is 2. The van der Waals surface area contributed by atoms with Gasteiger partial charge in [-0.1, -0.05) is 0 Å². The zero-order chi connectivity index (χ0) is 12.2. The lowest BCUT2D eigenvalue weighted by atomic mass is 10.4. The molecule has 0 heterocycles. The predicted molar refractivity (Wildman–Crippen MR) is 72.0 cm³/mol. The SMILES string of the molecule is CSCCCNC(=O)C(=O)NCCCSC. The molecule has 0 unspecified atom stereocenters. The Morgan fingerprint density at radius 3 is 1.56 bits per heavy atom. The molecule has 2 amide bonds. The maximum absolute atomic E-state index is 11.2. The monoisotopic (exact) mass is 264 g/mol. The third kappa shape index (κ3) is 8.91. The molecule has 0 aromatic heterocycles. The smallest absolute Gasteiger partial charge is 0.309 e. The van der Waals surface area contributed by atoms with Crippen LogP contribution in [-0.2, 0) is 9.59 Å². The van der Waals surface area contributed by atoms with Gasteiger partial charge in [-0.25, -0.2) is 0 Å². The van der Waals surface area contributed by atoms with Gasteiger partial charge in [-0.2, -0.15) is 23.5 Å². The minimum absolute atomic E-state index is 0.523. The molecule has 0 atom stereocenters. The normalized spacial score (nSPS) is 9.88. The van der Waals surface area contributed by atoms with Gasteiger partial charge in [-0.15, -0.1) is 0 Å². The van der Waals surface area contributed by atoms with Gasteiger partial charge in [0.05, 0.1) is 0 Å². The molecule has 4 nitrogen and oxygen atoms in total. The summed E-state index contributed by atoms with van der Waals surface area (Å²) in [4.78, 5) is 22.5. The summed E-state index contributed by atoms with van der Waals surface area (Å²) in [7, 11) is 0. The van der Waals surface area contributed by atoms with E-state index in [0.717, 1.165) is 24.3 Å². The molecular weight excluding hydrogens is 244 g/mol. The second-order valence-corrected chi connectivity index (χ2v) is 5.18. The molecule has 94 valence electrons. The second kappa shape index (κ2) is 11.1. The molecule has 2 N–H and O–H groups in total. The van der Waals surface area contributed by atoms with Crippen LogP contribution in [0.5, 0.6) is 0 Å². The van der Waals surface area contributed by atoms with Crippen molar-refractivity contribution in [3.63, 3.8) is 0 Å². The summed E-state index contributed by atoms with van der Waals surface area (Å²) in [6, 6.07) is 0. The van der Waals surface area contributed by atoms with Crippen molar-refractivity contribution in [2.75, 3.05) is 37.1 Å². The maximum Gasteiger partial charge on any atom is 0.309 e. The average Bonchev–Trinajstić information content (AvgIpc) is 2.29. The first kappa shape index (κ1) is 15.6. The topological polar surface area (TPSA) is 58.2 Å². The molecule has 0 aliphatic rings. The highest BCUT2D eigenvalue weighted by Gasteiger charge is 2.10. The summed E-state index contributed by atoms with van der Waals surface area (Å²) >= 11 is 3.45. The van der Waals surface area contributed by atoms with Crippen LogP contribution in [0.25, 0.3) is 0 Å². The number of hydrogen-bond acceptors (Lipinski definition) is 4. The van der Waals surface area contributed by atoms with E-state index >= 15 is 0 Å². The van der Waals surface area contributed by atoms with Crippen LogP contribution in [0.2, 0.25) is 0 Å². The Kier molecular flexibility index (Phi) is 10.9. The highest BCUT2D eigenvalue weighted by atomic mass is 32.2. The molecule has 0 radical (unpaired) electrons. The van der Waals surface area contributed by atoms with Gasteiger partial charge in [0.2, 0.25) is 0 Å². The fourth-order valence-electron chi connectivity index (χ4n) is 0.997. The molecule has 0 fully saturated rings. The fraction of sp³-hybridized carbons (Fsp3) is 0.800. The van der Waals surface area contributed by atoms with Crippen LogP contribution >= 0.6 is 23.5 Å². The molecule has 0 aliphatic heterocycles. The van der Waals surface area contributed by atoms with E-state index in [1.165, 1.54) is 0 Å². The molecule has 16 heavy (non-hydrogen) atoms. The number of nitrogens with one attached hydrogen (secondary N) is 2. The van der Waals surface area contributed by atoms with Crippen LogP contribution in [0.3, 0.4) is 0 Å². The van der Waals surface area contributed by atoms with E-state index in [1.54, 1.807) is 23.5 Å². The molecule has 0 spiro atoms. The Bertz CT molecular complexity index is 191. The molecule has 0 aliphatic carbocycles. The molecule has 0 bridgehead atoms. The zero-order valence-electron chi connectivity index (χ0n) is 9.88. The Hall–Kier alpha value is -0.360. The van der Waals surface area contributed by atoms with Crippen molar-refractivity contribution in [1.82, 2.24) is 10.6 Å². The van der Waals surface area contributed by atoms with E-state index < -0.39 is 11.8 Å². The number of amides is 2. The highest BCUT2D eigenvalue weighted by Crippen LogP contribution is 1.94. The van der Waals surface area contributed by atoms with Crippen LogP contribution in [0.15, 0.2) is 0 Å². The van der Waals surface area contributed by atoms with Crippen molar-refractivity contribution in [2.24, 2.45) is 0 Å². The standard InChI is InChI=1S/C10H20N2O2S2/c1-15-7-3-5-11-9(13)10(14)12-6-4-8-16-2/h3-8H2,1-2H3,(H,11,13)(H,12,14). The quantitative estimate of drug-likeness (QED) is 0.501. The molecule has 0 aromatic carbocycles. The van der Waals surface area contributed by atoms with Gasteiger partial charge in [0.15, 0.2) is 0 Å². The van der Waals surface area contributed by atoms with E-state index in [2.05, 4.69) is 10.6 Å². The minimum atomic E-state index is -0.523. The van der Waals surface area contributed by atoms with E-state index in [9.17, 15) is 9.59 Å². The molecule has 0 rings (SSSR count). The van der Waals surface area contributed by atoms with Crippen molar-refractivity contribution in [3.8, 4) is 0 Å². The van der Waals surface area contributed by atoms with Crippen LogP contribution in [0.4, 0.5) is 0 Å². The van der Waals surface area contributed by atoms with Gasteiger partial charge in [-0.3, -0.25) is 9.59 Å². The summed E-state index contributed by atoms with van der Waals surface area (Å²) < 4.78 is 0. The number of carbonyl (C=O) groups is 2. The molecule has 0 aromatic rings. The molecule has 0 saturated carbocycles. The zero-order valence-corrected chi connectivity index (χ0v) is 11.5. The lowest BCUT2D eigenvalue weighted by molar-refractivity contribution is -0.139. The Labute approximate surface area is 106 Å². The van der Waals surface area contributed by atoms with Gasteiger partial charge in [0.25, 0.3) is 0 Å². The third-order valence-corrected chi connectivity index (χ3v) is 3.22. The first-order valence-corrected chi connectivity index (χ1v) is 8.05. The second-order valence-electron chi connectivity index (χ2n) is 3.20. The average molecular weight is 264 g/mol. The lowest BCUT2D eigenvalue weighted by Crippen LogP contribution is -2.40. The van der Waals surface area contributed by atoms with Crippen LogP contribution in [0, 0.1) is 0 Å². The Morgan fingerprint density at radius 2 is 1.25 bits per heavy atom.